The van der Waals surface area contributed by atoms with Crippen molar-refractivity contribution in [2.75, 3.05) is 0 Å². The highest BCUT2D eigenvalue weighted by Gasteiger charge is 2.21. The number of para-hydroxylation sites is 1. The lowest BCUT2D eigenvalue weighted by Gasteiger charge is -2.13. The average Bonchev–Trinajstić information content (AvgIpc) is 3.37. The molecule has 0 aliphatic heterocycles. The standard InChI is InChI=1S/C39H26N2/c1-2-18-30-32-24-39-33(25-38(32)40(36(30)20-3-1)34-22-10-14-26-12-4-6-16-28(26)34)31-19-8-9-21-37(31)41(39)35-23-11-15-27-13-5-7-17-29(27)35/h2-25H,1H2. The van der Waals surface area contributed by atoms with Crippen molar-refractivity contribution in [3.8, 4) is 11.4 Å². The first-order chi connectivity index (χ1) is 20.4. The van der Waals surface area contributed by atoms with E-state index >= 15 is 0 Å². The molecule has 1 aliphatic rings. The van der Waals surface area contributed by atoms with Crippen LogP contribution in [0.1, 0.15) is 17.7 Å². The molecule has 0 N–H and O–H groups in total. The summed E-state index contributed by atoms with van der Waals surface area (Å²) in [6.07, 6.45) is 10.1. The van der Waals surface area contributed by atoms with E-state index in [0.29, 0.717) is 0 Å². The number of aromatic nitrogens is 2. The third-order valence-corrected chi connectivity index (χ3v) is 8.69. The van der Waals surface area contributed by atoms with Gasteiger partial charge in [0, 0.05) is 32.5 Å². The van der Waals surface area contributed by atoms with Gasteiger partial charge in [0.05, 0.1) is 33.6 Å². The van der Waals surface area contributed by atoms with E-state index in [9.17, 15) is 0 Å². The molecule has 2 aromatic heterocycles. The number of fused-ring (bicyclic) bond motifs is 8. The lowest BCUT2D eigenvalue weighted by atomic mass is 10.1. The Bertz CT molecular complexity index is 2380. The number of nitrogens with zero attached hydrogens (tertiary/aromatic N) is 2. The van der Waals surface area contributed by atoms with Crippen molar-refractivity contribution in [2.45, 2.75) is 6.42 Å². The van der Waals surface area contributed by atoms with E-state index in [2.05, 4.69) is 155 Å². The molecule has 2 heteroatoms. The molecule has 0 saturated carbocycles. The number of hydrogen-bond donors (Lipinski definition) is 0. The monoisotopic (exact) mass is 522 g/mol. The van der Waals surface area contributed by atoms with Crippen molar-refractivity contribution in [1.82, 2.24) is 9.13 Å². The summed E-state index contributed by atoms with van der Waals surface area (Å²) in [6.45, 7) is 0. The molecule has 1 aliphatic carbocycles. The molecular weight excluding hydrogens is 496 g/mol. The maximum atomic E-state index is 2.47. The predicted molar refractivity (Wildman–Crippen MR) is 175 cm³/mol. The molecule has 6 aromatic carbocycles. The number of hydrogen-bond acceptors (Lipinski definition) is 0. The van der Waals surface area contributed by atoms with Crippen LogP contribution in [0.15, 0.2) is 133 Å². The first kappa shape index (κ1) is 22.5. The van der Waals surface area contributed by atoms with Crippen molar-refractivity contribution in [2.24, 2.45) is 0 Å². The zero-order valence-corrected chi connectivity index (χ0v) is 22.5. The van der Waals surface area contributed by atoms with Crippen LogP contribution in [0.25, 0.3) is 77.8 Å². The molecule has 41 heavy (non-hydrogen) atoms. The third-order valence-electron chi connectivity index (χ3n) is 8.69. The van der Waals surface area contributed by atoms with E-state index in [4.69, 9.17) is 0 Å². The van der Waals surface area contributed by atoms with E-state index in [0.717, 1.165) is 6.42 Å². The number of rotatable bonds is 2. The van der Waals surface area contributed by atoms with Crippen molar-refractivity contribution in [3.63, 3.8) is 0 Å². The van der Waals surface area contributed by atoms with E-state index < -0.39 is 0 Å². The second kappa shape index (κ2) is 8.58. The van der Waals surface area contributed by atoms with Crippen LogP contribution in [0.2, 0.25) is 0 Å². The molecule has 0 spiro atoms. The molecule has 2 nitrogen and oxygen atoms in total. The lowest BCUT2D eigenvalue weighted by Crippen LogP contribution is -1.98. The van der Waals surface area contributed by atoms with Crippen LogP contribution in [0.5, 0.6) is 0 Å². The van der Waals surface area contributed by atoms with E-state index in [1.165, 1.54) is 76.9 Å². The molecule has 0 bridgehead atoms. The molecule has 2 heterocycles. The van der Waals surface area contributed by atoms with Gasteiger partial charge in [0.25, 0.3) is 0 Å². The minimum absolute atomic E-state index is 0.935. The fourth-order valence-electron chi connectivity index (χ4n) is 6.90. The summed E-state index contributed by atoms with van der Waals surface area (Å²) in [6, 6.07) is 44.3. The van der Waals surface area contributed by atoms with Crippen LogP contribution >= 0.6 is 0 Å². The summed E-state index contributed by atoms with van der Waals surface area (Å²) in [5, 5.41) is 8.82. The summed E-state index contributed by atoms with van der Waals surface area (Å²) in [5.74, 6) is 0. The Morgan fingerprint density at radius 2 is 0.976 bits per heavy atom. The molecule has 9 rings (SSSR count). The maximum absolute atomic E-state index is 2.47. The Balaban J connectivity index is 1.47. The zero-order chi connectivity index (χ0) is 26.9. The quantitative estimate of drug-likeness (QED) is 0.214. The van der Waals surface area contributed by atoms with E-state index in [1.807, 2.05) is 0 Å². The Hall–Kier alpha value is -5.34. The van der Waals surface area contributed by atoms with Crippen molar-refractivity contribution < 1.29 is 0 Å². The van der Waals surface area contributed by atoms with Gasteiger partial charge in [-0.2, -0.15) is 0 Å². The van der Waals surface area contributed by atoms with E-state index in [1.54, 1.807) is 0 Å². The van der Waals surface area contributed by atoms with Crippen LogP contribution in [-0.4, -0.2) is 9.13 Å². The van der Waals surface area contributed by atoms with Gasteiger partial charge in [0.15, 0.2) is 0 Å². The van der Waals surface area contributed by atoms with Gasteiger partial charge in [-0.25, -0.2) is 0 Å². The van der Waals surface area contributed by atoms with E-state index in [-0.39, 0.29) is 0 Å². The van der Waals surface area contributed by atoms with Gasteiger partial charge in [-0.3, -0.25) is 0 Å². The molecule has 0 radical (unpaired) electrons. The zero-order valence-electron chi connectivity index (χ0n) is 22.5. The van der Waals surface area contributed by atoms with Gasteiger partial charge < -0.3 is 9.13 Å². The third kappa shape index (κ3) is 3.19. The first-order valence-electron chi connectivity index (χ1n) is 14.3. The van der Waals surface area contributed by atoms with Crippen molar-refractivity contribution in [3.05, 3.63) is 145 Å². The number of benzene rings is 6. The first-order valence-corrected chi connectivity index (χ1v) is 14.3. The molecule has 8 aromatic rings. The molecule has 0 amide bonds. The van der Waals surface area contributed by atoms with Crippen LogP contribution in [0.4, 0.5) is 0 Å². The fourth-order valence-corrected chi connectivity index (χ4v) is 6.90. The lowest BCUT2D eigenvalue weighted by molar-refractivity contribution is 1.12. The molecule has 0 saturated heterocycles. The Morgan fingerprint density at radius 1 is 0.415 bits per heavy atom. The predicted octanol–water partition coefficient (Wildman–Crippen LogP) is 10.5. The minimum Gasteiger partial charge on any atom is -0.309 e. The van der Waals surface area contributed by atoms with Gasteiger partial charge in [0.2, 0.25) is 0 Å². The Kier molecular flexibility index (Phi) is 4.70. The summed E-state index contributed by atoms with van der Waals surface area (Å²) in [4.78, 5) is 0. The molecule has 0 unspecified atom stereocenters. The van der Waals surface area contributed by atoms with Gasteiger partial charge in [-0.1, -0.05) is 109 Å². The summed E-state index contributed by atoms with van der Waals surface area (Å²) >= 11 is 0. The number of allylic oxidation sites excluding steroid dienone is 2. The summed E-state index contributed by atoms with van der Waals surface area (Å²) in [5.41, 5.74) is 8.63. The second-order valence-corrected chi connectivity index (χ2v) is 10.9. The molecule has 0 atom stereocenters. The molecule has 0 fully saturated rings. The Labute approximate surface area is 237 Å². The van der Waals surface area contributed by atoms with Gasteiger partial charge in [0.1, 0.15) is 0 Å². The Morgan fingerprint density at radius 3 is 1.73 bits per heavy atom. The SMILES string of the molecule is C1=Cc2c(n(-c3cccc4ccccc34)c3cc4c5ccccc5n(-c5cccc6ccccc56)c4cc23)C=CC1. The van der Waals surface area contributed by atoms with Gasteiger partial charge in [-0.05, 0) is 53.6 Å². The van der Waals surface area contributed by atoms with Crippen molar-refractivity contribution >= 4 is 66.4 Å². The fraction of sp³-hybridized carbons (Fsp3) is 0.0256. The van der Waals surface area contributed by atoms with Gasteiger partial charge in [-0.15, -0.1) is 0 Å². The normalized spacial score (nSPS) is 13.1. The average molecular weight is 523 g/mol. The van der Waals surface area contributed by atoms with Crippen LogP contribution < -0.4 is 0 Å². The van der Waals surface area contributed by atoms with Crippen LogP contribution in [0.3, 0.4) is 0 Å². The highest BCUT2D eigenvalue weighted by molar-refractivity contribution is 6.16. The smallest absolute Gasteiger partial charge is 0.0549 e. The molecule has 192 valence electrons. The highest BCUT2D eigenvalue weighted by atomic mass is 15.0. The minimum atomic E-state index is 0.935. The van der Waals surface area contributed by atoms with Crippen molar-refractivity contribution in [1.29, 1.82) is 0 Å². The second-order valence-electron chi connectivity index (χ2n) is 10.9. The topological polar surface area (TPSA) is 9.86 Å². The highest BCUT2D eigenvalue weighted by Crippen LogP contribution is 2.41. The van der Waals surface area contributed by atoms with Crippen LogP contribution in [0, 0.1) is 0 Å². The molecular formula is C39H26N2. The summed E-state index contributed by atoms with van der Waals surface area (Å²) in [7, 11) is 0. The van der Waals surface area contributed by atoms with Gasteiger partial charge >= 0.3 is 0 Å². The largest absolute Gasteiger partial charge is 0.309 e. The summed E-state index contributed by atoms with van der Waals surface area (Å²) < 4.78 is 4.94. The maximum Gasteiger partial charge on any atom is 0.0549 e. The van der Waals surface area contributed by atoms with Crippen LogP contribution in [-0.2, 0) is 0 Å².